The second kappa shape index (κ2) is 9.75. The maximum Gasteiger partial charge on any atom is 0.254 e. The van der Waals surface area contributed by atoms with Gasteiger partial charge in [-0.25, -0.2) is 14.4 Å². The molecule has 1 aliphatic heterocycles. The smallest absolute Gasteiger partial charge is 0.254 e. The van der Waals surface area contributed by atoms with Crippen LogP contribution in [-0.2, 0) is 11.3 Å². The van der Waals surface area contributed by atoms with Crippen LogP contribution in [0.25, 0.3) is 0 Å². The number of halogens is 1. The molecule has 1 aliphatic rings. The number of rotatable bonds is 6. The van der Waals surface area contributed by atoms with Crippen LogP contribution in [-0.4, -0.2) is 58.8 Å². The van der Waals surface area contributed by atoms with E-state index in [2.05, 4.69) is 15.3 Å². The normalized spacial score (nSPS) is 16.6. The Balaban J connectivity index is 1.70. The summed E-state index contributed by atoms with van der Waals surface area (Å²) in [4.78, 5) is 37.9. The minimum atomic E-state index is -0.314. The molecule has 0 unspecified atom stereocenters. The summed E-state index contributed by atoms with van der Waals surface area (Å²) in [6.45, 7) is 3.10. The lowest BCUT2D eigenvalue weighted by molar-refractivity contribution is -0.135. The Morgan fingerprint density at radius 2 is 1.97 bits per heavy atom. The first-order valence-electron chi connectivity index (χ1n) is 10.2. The van der Waals surface area contributed by atoms with E-state index >= 15 is 0 Å². The number of likely N-dealkylation sites (N-methyl/N-ethyl adjacent to an activating group) is 1. The van der Waals surface area contributed by atoms with Gasteiger partial charge in [0.25, 0.3) is 5.91 Å². The molecule has 1 aromatic heterocycles. The quantitative estimate of drug-likeness (QED) is 0.787. The Bertz CT molecular complexity index is 901. The van der Waals surface area contributed by atoms with Crippen molar-refractivity contribution in [1.82, 2.24) is 25.1 Å². The van der Waals surface area contributed by atoms with Gasteiger partial charge in [0.1, 0.15) is 5.82 Å². The predicted molar refractivity (Wildman–Crippen MR) is 111 cm³/mol. The molecule has 3 rings (SSSR count). The number of aryl methyl sites for hydroxylation is 1. The molecule has 1 aromatic carbocycles. The third kappa shape index (κ3) is 5.38. The minimum absolute atomic E-state index is 0.0621. The summed E-state index contributed by atoms with van der Waals surface area (Å²) in [7, 11) is 3.74. The van der Waals surface area contributed by atoms with Crippen LogP contribution in [0.5, 0.6) is 0 Å². The Morgan fingerprint density at radius 1 is 1.23 bits per heavy atom. The number of hydrogen-bond acceptors (Lipinski definition) is 5. The fourth-order valence-electron chi connectivity index (χ4n) is 3.61. The number of carbonyl (C=O) groups excluding carboxylic acids is 2. The molecule has 0 spiro atoms. The lowest BCUT2D eigenvalue weighted by Gasteiger charge is -2.35. The van der Waals surface area contributed by atoms with Crippen molar-refractivity contribution in [2.75, 3.05) is 27.2 Å². The highest BCUT2D eigenvalue weighted by molar-refractivity contribution is 5.94. The first-order chi connectivity index (χ1) is 14.3. The van der Waals surface area contributed by atoms with Crippen LogP contribution in [0.4, 0.5) is 4.39 Å². The average Bonchev–Trinajstić information content (AvgIpc) is 2.72. The first kappa shape index (κ1) is 21.8. The largest absolute Gasteiger partial charge is 0.348 e. The summed E-state index contributed by atoms with van der Waals surface area (Å²) < 4.78 is 13.0. The third-order valence-corrected chi connectivity index (χ3v) is 5.18. The fourth-order valence-corrected chi connectivity index (χ4v) is 3.61. The van der Waals surface area contributed by atoms with E-state index in [-0.39, 0.29) is 30.2 Å². The molecular weight excluding hydrogens is 385 g/mol. The van der Waals surface area contributed by atoms with Crippen molar-refractivity contribution in [3.63, 3.8) is 0 Å². The average molecular weight is 413 g/mol. The van der Waals surface area contributed by atoms with E-state index in [4.69, 9.17) is 0 Å². The van der Waals surface area contributed by atoms with Crippen LogP contribution in [0.15, 0.2) is 30.5 Å². The summed E-state index contributed by atoms with van der Waals surface area (Å²) >= 11 is 0. The molecule has 1 N–H and O–H groups in total. The van der Waals surface area contributed by atoms with Gasteiger partial charge in [-0.3, -0.25) is 9.59 Å². The monoisotopic (exact) mass is 413 g/mol. The summed E-state index contributed by atoms with van der Waals surface area (Å²) in [6, 6.07) is 5.81. The molecule has 1 atom stereocenters. The molecule has 0 saturated carbocycles. The highest BCUT2D eigenvalue weighted by atomic mass is 19.1. The lowest BCUT2D eigenvalue weighted by Crippen LogP contribution is -2.43. The van der Waals surface area contributed by atoms with Crippen LogP contribution in [0.1, 0.15) is 52.7 Å². The van der Waals surface area contributed by atoms with Crippen molar-refractivity contribution in [2.24, 2.45) is 0 Å². The van der Waals surface area contributed by atoms with Crippen molar-refractivity contribution in [2.45, 2.75) is 38.8 Å². The summed E-state index contributed by atoms with van der Waals surface area (Å²) in [6.07, 6.45) is 4.33. The second-order valence-electron chi connectivity index (χ2n) is 7.87. The van der Waals surface area contributed by atoms with E-state index in [1.54, 1.807) is 19.1 Å². The number of carbonyl (C=O) groups is 2. The number of aromatic nitrogens is 2. The Labute approximate surface area is 176 Å². The molecule has 2 aromatic rings. The molecular formula is C22H28FN5O2. The maximum absolute atomic E-state index is 13.0. The molecule has 7 nitrogen and oxygen atoms in total. The van der Waals surface area contributed by atoms with E-state index in [1.807, 2.05) is 23.9 Å². The van der Waals surface area contributed by atoms with Gasteiger partial charge in [0.15, 0.2) is 5.82 Å². The zero-order valence-electron chi connectivity index (χ0n) is 17.7. The third-order valence-electron chi connectivity index (χ3n) is 5.18. The standard InChI is InChI=1S/C22H28FN5O2/c1-15-18(22(30)25-12-16-7-9-17(23)10-8-16)13-24-21(26-15)19-6-4-5-11-28(19)20(29)14-27(2)3/h7-10,13,19H,4-6,11-12,14H2,1-3H3,(H,25,30)/t19-/m1/s1. The number of benzene rings is 1. The number of nitrogens with one attached hydrogen (secondary N) is 1. The molecule has 2 amide bonds. The Hall–Kier alpha value is -2.87. The SMILES string of the molecule is Cc1nc([C@H]2CCCCN2C(=O)CN(C)C)ncc1C(=O)NCc1ccc(F)cc1. The van der Waals surface area contributed by atoms with Crippen molar-refractivity contribution in [3.05, 3.63) is 58.9 Å². The van der Waals surface area contributed by atoms with Gasteiger partial charge in [0.2, 0.25) is 5.91 Å². The van der Waals surface area contributed by atoms with E-state index in [0.717, 1.165) is 24.8 Å². The topological polar surface area (TPSA) is 78.4 Å². The Kier molecular flexibility index (Phi) is 7.10. The molecule has 0 radical (unpaired) electrons. The second-order valence-corrected chi connectivity index (χ2v) is 7.87. The first-order valence-corrected chi connectivity index (χ1v) is 10.2. The van der Waals surface area contributed by atoms with Crippen LogP contribution in [0, 0.1) is 12.7 Å². The molecule has 0 bridgehead atoms. The summed E-state index contributed by atoms with van der Waals surface area (Å²) in [5.74, 6) is 0.0414. The number of nitrogens with zero attached hydrogens (tertiary/aromatic N) is 4. The van der Waals surface area contributed by atoms with Gasteiger partial charge in [-0.05, 0) is 58.0 Å². The van der Waals surface area contributed by atoms with Gasteiger partial charge in [-0.1, -0.05) is 12.1 Å². The molecule has 1 saturated heterocycles. The molecule has 8 heteroatoms. The predicted octanol–water partition coefficient (Wildman–Crippen LogP) is 2.47. The van der Waals surface area contributed by atoms with E-state index in [1.165, 1.54) is 18.3 Å². The van der Waals surface area contributed by atoms with Crippen LogP contribution >= 0.6 is 0 Å². The van der Waals surface area contributed by atoms with Crippen molar-refractivity contribution < 1.29 is 14.0 Å². The summed E-state index contributed by atoms with van der Waals surface area (Å²) in [5, 5.41) is 2.81. The molecule has 160 valence electrons. The molecule has 0 aliphatic carbocycles. The highest BCUT2D eigenvalue weighted by Crippen LogP contribution is 2.29. The number of amides is 2. The van der Waals surface area contributed by atoms with Gasteiger partial charge in [0.05, 0.1) is 23.8 Å². The molecule has 30 heavy (non-hydrogen) atoms. The van der Waals surface area contributed by atoms with Crippen molar-refractivity contribution in [3.8, 4) is 0 Å². The number of likely N-dealkylation sites (tertiary alicyclic amines) is 1. The molecule has 1 fully saturated rings. The van der Waals surface area contributed by atoms with Gasteiger partial charge >= 0.3 is 0 Å². The van der Waals surface area contributed by atoms with Crippen molar-refractivity contribution in [1.29, 1.82) is 0 Å². The lowest BCUT2D eigenvalue weighted by atomic mass is 10.0. The Morgan fingerprint density at radius 3 is 2.63 bits per heavy atom. The van der Waals surface area contributed by atoms with E-state index in [9.17, 15) is 14.0 Å². The summed E-state index contributed by atoms with van der Waals surface area (Å²) in [5.41, 5.74) is 1.77. The zero-order chi connectivity index (χ0) is 21.7. The molecule has 2 heterocycles. The van der Waals surface area contributed by atoms with Crippen LogP contribution in [0.2, 0.25) is 0 Å². The van der Waals surface area contributed by atoms with Crippen LogP contribution < -0.4 is 5.32 Å². The number of hydrogen-bond donors (Lipinski definition) is 1. The van der Waals surface area contributed by atoms with Gasteiger partial charge < -0.3 is 15.1 Å². The van der Waals surface area contributed by atoms with Gasteiger partial charge in [-0.2, -0.15) is 0 Å². The maximum atomic E-state index is 13.0. The fraction of sp³-hybridized carbons (Fsp3) is 0.455. The van der Waals surface area contributed by atoms with E-state index < -0.39 is 0 Å². The highest BCUT2D eigenvalue weighted by Gasteiger charge is 2.30. The number of piperidine rings is 1. The van der Waals surface area contributed by atoms with Gasteiger partial charge in [0, 0.05) is 19.3 Å². The van der Waals surface area contributed by atoms with Crippen molar-refractivity contribution >= 4 is 11.8 Å². The zero-order valence-corrected chi connectivity index (χ0v) is 17.7. The van der Waals surface area contributed by atoms with E-state index in [0.29, 0.717) is 30.2 Å². The van der Waals surface area contributed by atoms with Crippen LogP contribution in [0.3, 0.4) is 0 Å². The minimum Gasteiger partial charge on any atom is -0.348 e. The van der Waals surface area contributed by atoms with Gasteiger partial charge in [-0.15, -0.1) is 0 Å².